The van der Waals surface area contributed by atoms with Gasteiger partial charge in [0.25, 0.3) is 0 Å². The second kappa shape index (κ2) is 11.7. The second-order valence-corrected chi connectivity index (χ2v) is 8.89. The van der Waals surface area contributed by atoms with Crippen LogP contribution in [0.15, 0.2) is 48.5 Å². The third-order valence-electron chi connectivity index (χ3n) is 6.25. The number of rotatable bonds is 10. The van der Waals surface area contributed by atoms with Crippen LogP contribution < -0.4 is 30.7 Å². The fourth-order valence-corrected chi connectivity index (χ4v) is 4.45. The van der Waals surface area contributed by atoms with Crippen LogP contribution in [0.3, 0.4) is 0 Å². The van der Waals surface area contributed by atoms with Gasteiger partial charge in [-0.15, -0.1) is 0 Å². The number of carboxylic acid groups (broad SMARTS) is 2. The van der Waals surface area contributed by atoms with Crippen molar-refractivity contribution in [3.8, 4) is 11.5 Å². The number of hydrogen-bond donors (Lipinski definition) is 6. The molecule has 0 saturated carbocycles. The number of carboxylic acids is 2. The van der Waals surface area contributed by atoms with Gasteiger partial charge in [0.05, 0.1) is 0 Å². The predicted molar refractivity (Wildman–Crippen MR) is 132 cm³/mol. The van der Waals surface area contributed by atoms with E-state index in [4.69, 9.17) is 9.47 Å². The molecule has 2 aromatic carbocycles. The van der Waals surface area contributed by atoms with Gasteiger partial charge in [-0.05, 0) is 50.2 Å². The first kappa shape index (κ1) is 25.3. The summed E-state index contributed by atoms with van der Waals surface area (Å²) in [4.78, 5) is 35.9. The number of ether oxygens (including phenoxy) is 2. The molecule has 2 aliphatic heterocycles. The first-order valence-corrected chi connectivity index (χ1v) is 11.9. The molecule has 2 aromatic rings. The fraction of sp³-hybridized carbons (Fsp3) is 0.400. The molecule has 2 saturated heterocycles. The van der Waals surface area contributed by atoms with Crippen molar-refractivity contribution in [2.45, 2.75) is 25.0 Å². The molecule has 0 radical (unpaired) electrons. The highest BCUT2D eigenvalue weighted by atomic mass is 16.5. The van der Waals surface area contributed by atoms with Gasteiger partial charge in [0.15, 0.2) is 12.2 Å². The van der Waals surface area contributed by atoms with Crippen LogP contribution in [0.25, 0.3) is 0 Å². The molecule has 0 bridgehead atoms. The molecule has 192 valence electrons. The monoisotopic (exact) mass is 498 g/mol. The third-order valence-corrected chi connectivity index (χ3v) is 6.25. The Kier molecular flexibility index (Phi) is 8.24. The summed E-state index contributed by atoms with van der Waals surface area (Å²) >= 11 is 0. The Morgan fingerprint density at radius 2 is 1.22 bits per heavy atom. The van der Waals surface area contributed by atoms with Gasteiger partial charge in [-0.2, -0.15) is 0 Å². The van der Waals surface area contributed by atoms with E-state index >= 15 is 0 Å². The van der Waals surface area contributed by atoms with Crippen molar-refractivity contribution < 1.29 is 34.1 Å². The van der Waals surface area contributed by atoms with E-state index in [0.717, 1.165) is 13.1 Å². The number of aliphatic carboxylic acids is 2. The van der Waals surface area contributed by atoms with Crippen LogP contribution in [-0.4, -0.2) is 66.6 Å². The van der Waals surface area contributed by atoms with Crippen molar-refractivity contribution in [1.82, 2.24) is 10.6 Å². The van der Waals surface area contributed by atoms with Gasteiger partial charge in [-0.1, -0.05) is 12.1 Å². The summed E-state index contributed by atoms with van der Waals surface area (Å²) in [5.41, 5.74) is 0.844. The molecule has 0 aliphatic carbocycles. The first-order valence-electron chi connectivity index (χ1n) is 11.9. The zero-order valence-electron chi connectivity index (χ0n) is 19.6. The molecule has 0 spiro atoms. The molecular weight excluding hydrogens is 468 g/mol. The van der Waals surface area contributed by atoms with E-state index in [1.54, 1.807) is 48.5 Å². The zero-order chi connectivity index (χ0) is 25.5. The maximum atomic E-state index is 12.6. The summed E-state index contributed by atoms with van der Waals surface area (Å²) in [7, 11) is 0. The highest BCUT2D eigenvalue weighted by Gasteiger charge is 2.33. The van der Waals surface area contributed by atoms with Crippen molar-refractivity contribution >= 4 is 29.3 Å². The van der Waals surface area contributed by atoms with E-state index in [1.807, 2.05) is 0 Å². The van der Waals surface area contributed by atoms with Crippen LogP contribution in [0, 0.1) is 11.8 Å². The minimum Gasteiger partial charge on any atom is -0.478 e. The quantitative estimate of drug-likeness (QED) is 0.289. The van der Waals surface area contributed by atoms with Crippen LogP contribution >= 0.6 is 0 Å². The Labute approximate surface area is 208 Å². The maximum Gasteiger partial charge on any atom is 0.345 e. The smallest absolute Gasteiger partial charge is 0.345 e. The van der Waals surface area contributed by atoms with E-state index in [9.17, 15) is 24.6 Å². The summed E-state index contributed by atoms with van der Waals surface area (Å²) in [6.45, 7) is 2.65. The highest BCUT2D eigenvalue weighted by molar-refractivity contribution is 6.00. The Balaban J connectivity index is 1.36. The normalized spacial score (nSPS) is 20.8. The summed E-state index contributed by atoms with van der Waals surface area (Å²) in [5.74, 6) is -1.66. The molecule has 4 atom stereocenters. The number of amides is 2. The number of nitrogens with one attached hydrogen (secondary N) is 4. The van der Waals surface area contributed by atoms with Gasteiger partial charge in [-0.3, -0.25) is 0 Å². The van der Waals surface area contributed by atoms with E-state index in [1.165, 1.54) is 0 Å². The number of benzene rings is 2. The van der Waals surface area contributed by atoms with E-state index in [0.29, 0.717) is 48.8 Å². The molecule has 36 heavy (non-hydrogen) atoms. The molecule has 2 unspecified atom stereocenters. The second-order valence-electron chi connectivity index (χ2n) is 8.89. The molecule has 4 rings (SSSR count). The maximum absolute atomic E-state index is 12.6. The van der Waals surface area contributed by atoms with Crippen LogP contribution in [0.1, 0.15) is 12.8 Å². The lowest BCUT2D eigenvalue weighted by Gasteiger charge is -2.21. The van der Waals surface area contributed by atoms with E-state index in [-0.39, 0.29) is 11.8 Å². The molecule has 6 N–H and O–H groups in total. The van der Waals surface area contributed by atoms with Crippen molar-refractivity contribution in [3.63, 3.8) is 0 Å². The summed E-state index contributed by atoms with van der Waals surface area (Å²) in [6, 6.07) is 12.5. The topological polar surface area (TPSA) is 158 Å². The number of hydrogen-bond acceptors (Lipinski definition) is 7. The van der Waals surface area contributed by atoms with Gasteiger partial charge >= 0.3 is 18.0 Å². The minimum atomic E-state index is -1.03. The molecule has 2 fully saturated rings. The molecule has 2 aliphatic rings. The molecule has 2 amide bonds. The van der Waals surface area contributed by atoms with Crippen LogP contribution in [-0.2, 0) is 9.59 Å². The molecular formula is C25H30N4O7. The SMILES string of the molecule is O=C(Nc1cccc(OC(C(=O)O)[C@H]2CCNC2)c1)Nc1cccc(OC(C(=O)O)[C@H]2CCNC2)c1. The fourth-order valence-electron chi connectivity index (χ4n) is 4.45. The lowest BCUT2D eigenvalue weighted by molar-refractivity contribution is -0.148. The van der Waals surface area contributed by atoms with Gasteiger partial charge in [-0.25, -0.2) is 14.4 Å². The largest absolute Gasteiger partial charge is 0.478 e. The van der Waals surface area contributed by atoms with Gasteiger partial charge in [0, 0.05) is 48.4 Å². The Morgan fingerprint density at radius 3 is 1.58 bits per heavy atom. The van der Waals surface area contributed by atoms with E-state index < -0.39 is 30.2 Å². The average molecular weight is 499 g/mol. The molecule has 11 nitrogen and oxygen atoms in total. The van der Waals surface area contributed by atoms with E-state index in [2.05, 4.69) is 21.3 Å². The predicted octanol–water partition coefficient (Wildman–Crippen LogP) is 2.21. The third kappa shape index (κ3) is 6.64. The summed E-state index contributed by atoms with van der Waals surface area (Å²) in [6.07, 6.45) is -0.543. The van der Waals surface area contributed by atoms with Crippen LogP contribution in [0.5, 0.6) is 11.5 Å². The average Bonchev–Trinajstić information content (AvgIpc) is 3.56. The lowest BCUT2D eigenvalue weighted by atomic mass is 10.0. The van der Waals surface area contributed by atoms with Gasteiger partial charge in [0.2, 0.25) is 0 Å². The van der Waals surface area contributed by atoms with Crippen LogP contribution in [0.4, 0.5) is 16.2 Å². The van der Waals surface area contributed by atoms with Gasteiger partial charge in [0.1, 0.15) is 11.5 Å². The Hall–Kier alpha value is -3.83. The van der Waals surface area contributed by atoms with Gasteiger partial charge < -0.3 is 41.0 Å². The van der Waals surface area contributed by atoms with Crippen molar-refractivity contribution in [1.29, 1.82) is 0 Å². The van der Waals surface area contributed by atoms with Crippen molar-refractivity contribution in [2.75, 3.05) is 36.8 Å². The molecule has 11 heteroatoms. The first-order chi connectivity index (χ1) is 17.4. The van der Waals surface area contributed by atoms with Crippen molar-refractivity contribution in [3.05, 3.63) is 48.5 Å². The number of urea groups is 1. The summed E-state index contributed by atoms with van der Waals surface area (Å²) < 4.78 is 11.5. The molecule has 2 heterocycles. The number of carbonyl (C=O) groups is 3. The standard InChI is InChI=1S/C25H30N4O7/c30-23(31)21(15-7-9-26-13-15)35-19-5-1-3-17(11-19)28-25(34)29-18-4-2-6-20(12-18)36-22(24(32)33)16-8-10-27-14-16/h1-6,11-12,15-16,21-22,26-27H,7-10,13-14H2,(H,30,31)(H,32,33)(H2,28,29,34)/t15-,16-,21?,22?/m0/s1. The highest BCUT2D eigenvalue weighted by Crippen LogP contribution is 2.25. The molecule has 0 aromatic heterocycles. The number of anilines is 2. The summed E-state index contributed by atoms with van der Waals surface area (Å²) in [5, 5.41) is 30.8. The Bertz CT molecular complexity index is 1000. The minimum absolute atomic E-state index is 0.137. The lowest BCUT2D eigenvalue weighted by Crippen LogP contribution is -2.36. The van der Waals surface area contributed by atoms with Crippen molar-refractivity contribution in [2.24, 2.45) is 11.8 Å². The zero-order valence-corrected chi connectivity index (χ0v) is 19.6. The number of carbonyl (C=O) groups excluding carboxylic acids is 1. The van der Waals surface area contributed by atoms with Crippen LogP contribution in [0.2, 0.25) is 0 Å². The Morgan fingerprint density at radius 1 is 0.778 bits per heavy atom.